The van der Waals surface area contributed by atoms with Crippen LogP contribution in [0.15, 0.2) is 17.5 Å². The molecule has 2 aliphatic heterocycles. The third-order valence-corrected chi connectivity index (χ3v) is 14.6. The molecule has 0 aromatic carbocycles. The number of amides is 4. The smallest absolute Gasteiger partial charge is 0.392 e. The number of ether oxygens (including phenoxy) is 1. The van der Waals surface area contributed by atoms with E-state index in [1.807, 2.05) is 5.38 Å². The van der Waals surface area contributed by atoms with Crippen molar-refractivity contribution in [3.8, 4) is 11.8 Å². The zero-order valence-electron chi connectivity index (χ0n) is 33.9. The Bertz CT molecular complexity index is 1640. The monoisotopic (exact) mass is 846 g/mol. The molecule has 4 saturated carbocycles. The van der Waals surface area contributed by atoms with Gasteiger partial charge in [0.25, 0.3) is 5.91 Å². The fraction of sp³-hybridized carbons (Fsp3) is 0.750. The van der Waals surface area contributed by atoms with Crippen LogP contribution in [0, 0.1) is 47.3 Å². The second-order valence-electron chi connectivity index (χ2n) is 17.8. The van der Waals surface area contributed by atoms with E-state index in [0.717, 1.165) is 25.7 Å². The minimum Gasteiger partial charge on any atom is -0.480 e. The molecule has 7 rings (SSSR count). The summed E-state index contributed by atoms with van der Waals surface area (Å²) in [4.78, 5) is 69.3. The number of halogens is 3. The summed E-state index contributed by atoms with van der Waals surface area (Å²) in [7, 11) is 0. The maximum atomic E-state index is 14.5. The zero-order chi connectivity index (χ0) is 41.9. The van der Waals surface area contributed by atoms with Crippen molar-refractivity contribution in [1.29, 1.82) is 0 Å². The first-order valence-corrected chi connectivity index (χ1v) is 22.9. The van der Waals surface area contributed by atoms with Gasteiger partial charge < -0.3 is 31.1 Å². The summed E-state index contributed by atoms with van der Waals surface area (Å²) in [6, 6.07) is -1.82. The summed E-state index contributed by atoms with van der Waals surface area (Å²) < 4.78 is 49.0. The molecule has 11 nitrogen and oxygen atoms in total. The molecule has 6 aliphatic rings. The van der Waals surface area contributed by atoms with Crippen molar-refractivity contribution in [3.63, 3.8) is 0 Å². The molecule has 2 saturated heterocycles. The molecule has 0 spiro atoms. The molecule has 4 aliphatic carbocycles. The van der Waals surface area contributed by atoms with Crippen LogP contribution in [0.2, 0.25) is 0 Å². The van der Waals surface area contributed by atoms with Crippen LogP contribution < -0.4 is 21.3 Å². The van der Waals surface area contributed by atoms with Crippen molar-refractivity contribution in [2.75, 3.05) is 6.61 Å². The van der Waals surface area contributed by atoms with Gasteiger partial charge in [-0.2, -0.15) is 13.2 Å². The maximum Gasteiger partial charge on any atom is 0.392 e. The Morgan fingerprint density at radius 1 is 0.763 bits per heavy atom. The minimum atomic E-state index is -4.51. The quantitative estimate of drug-likeness (QED) is 0.159. The SMILES string of the molecule is O=C1COC2CCC(CC2)CC(C(=O)O)NC(=O)C(CC2CCCCC2C(F)(F)F)NC(=O)C(CC2CCC(C3CCCCC3)CC2)NC(=O)C(C#Cc2cccs2)N1. The molecular weight excluding hydrogens is 786 g/mol. The first kappa shape index (κ1) is 44.9. The summed E-state index contributed by atoms with van der Waals surface area (Å²) in [6.07, 6.45) is 8.30. The van der Waals surface area contributed by atoms with Gasteiger partial charge >= 0.3 is 12.1 Å². The molecule has 0 radical (unpaired) electrons. The normalized spacial score (nSPS) is 33.7. The molecule has 6 unspecified atom stereocenters. The molecule has 2 bridgehead atoms. The first-order chi connectivity index (χ1) is 28.3. The van der Waals surface area contributed by atoms with Gasteiger partial charge in [-0.1, -0.05) is 75.7 Å². The van der Waals surface area contributed by atoms with E-state index < -0.39 is 71.8 Å². The number of fused-ring (bicyclic) bond motifs is 16. The number of carboxylic acids is 1. The van der Waals surface area contributed by atoms with Crippen LogP contribution in [0.25, 0.3) is 0 Å². The topological polar surface area (TPSA) is 163 Å². The lowest BCUT2D eigenvalue weighted by atomic mass is 9.70. The summed E-state index contributed by atoms with van der Waals surface area (Å²) in [5.41, 5.74) is 0. The van der Waals surface area contributed by atoms with Crippen molar-refractivity contribution in [1.82, 2.24) is 21.3 Å². The molecule has 6 fully saturated rings. The minimum absolute atomic E-state index is 0.0400. The number of carbonyl (C=O) groups excluding carboxylic acids is 4. The number of aliphatic carboxylic acids is 1. The average molecular weight is 847 g/mol. The lowest BCUT2D eigenvalue weighted by molar-refractivity contribution is -0.197. The van der Waals surface area contributed by atoms with E-state index in [1.165, 1.54) is 43.4 Å². The summed E-state index contributed by atoms with van der Waals surface area (Å²) in [5, 5.41) is 22.8. The van der Waals surface area contributed by atoms with E-state index in [-0.39, 0.29) is 56.7 Å². The summed E-state index contributed by atoms with van der Waals surface area (Å²) >= 11 is 1.36. The highest BCUT2D eigenvalue weighted by Gasteiger charge is 2.47. The molecule has 1 aromatic heterocycles. The van der Waals surface area contributed by atoms with Crippen LogP contribution in [0.1, 0.15) is 133 Å². The largest absolute Gasteiger partial charge is 0.480 e. The van der Waals surface area contributed by atoms with Gasteiger partial charge in [-0.3, -0.25) is 19.2 Å². The van der Waals surface area contributed by atoms with E-state index in [4.69, 9.17) is 4.74 Å². The number of carboxylic acid groups (broad SMARTS) is 1. The fourth-order valence-corrected chi connectivity index (χ4v) is 11.0. The van der Waals surface area contributed by atoms with Crippen molar-refractivity contribution in [2.24, 2.45) is 35.5 Å². The van der Waals surface area contributed by atoms with Crippen LogP contribution in [0.3, 0.4) is 0 Å². The van der Waals surface area contributed by atoms with Crippen LogP contribution in [0.5, 0.6) is 0 Å². The highest BCUT2D eigenvalue weighted by molar-refractivity contribution is 7.10. The molecule has 15 heteroatoms. The van der Waals surface area contributed by atoms with Crippen molar-refractivity contribution >= 4 is 40.9 Å². The van der Waals surface area contributed by atoms with E-state index in [1.54, 1.807) is 12.1 Å². The maximum absolute atomic E-state index is 14.5. The zero-order valence-corrected chi connectivity index (χ0v) is 34.7. The molecule has 59 heavy (non-hydrogen) atoms. The molecule has 1 aromatic rings. The summed E-state index contributed by atoms with van der Waals surface area (Å²) in [6.45, 7) is -0.330. The predicted molar refractivity (Wildman–Crippen MR) is 216 cm³/mol. The third kappa shape index (κ3) is 13.2. The standard InChI is InChI=1S/C44H61F3N4O7S/c45-44(46,47)34-11-5-4-9-31(34)25-37-42(55)51-38(43(56)57)24-28-14-18-32(19-15-28)58-26-39(52)48-35(21-20-33-10-6-22-59-33)40(53)49-36(41(54)50-37)23-27-12-16-30(17-13-27)29-7-2-1-3-8-29/h6,10,22,27-32,34-38H,1-5,7-9,11-19,23-26H2,(H,48,52)(H,49,53)(H,50,54)(H,51,55)(H,56,57). The molecule has 5 N–H and O–H groups in total. The van der Waals surface area contributed by atoms with Gasteiger partial charge in [-0.05, 0) is 112 Å². The number of carbonyl (C=O) groups is 5. The van der Waals surface area contributed by atoms with Gasteiger partial charge in [-0.15, -0.1) is 11.3 Å². The first-order valence-electron chi connectivity index (χ1n) is 22.0. The Labute approximate surface area is 349 Å². The van der Waals surface area contributed by atoms with Crippen LogP contribution in [-0.4, -0.2) is 77.8 Å². The second kappa shape index (κ2) is 21.2. The number of thiophene rings is 1. The van der Waals surface area contributed by atoms with Gasteiger partial charge in [0.2, 0.25) is 17.7 Å². The number of hydrogen-bond acceptors (Lipinski definition) is 7. The van der Waals surface area contributed by atoms with Crippen molar-refractivity contribution < 1.29 is 47.0 Å². The average Bonchev–Trinajstić information content (AvgIpc) is 3.75. The Balaban J connectivity index is 1.29. The van der Waals surface area contributed by atoms with E-state index in [0.29, 0.717) is 55.2 Å². The molecule has 6 atom stereocenters. The highest BCUT2D eigenvalue weighted by atomic mass is 32.1. The van der Waals surface area contributed by atoms with Crippen LogP contribution in [-0.2, 0) is 28.7 Å². The molecule has 4 amide bonds. The van der Waals surface area contributed by atoms with Crippen LogP contribution in [0.4, 0.5) is 13.2 Å². The summed E-state index contributed by atoms with van der Waals surface area (Å²) in [5.74, 6) is 0.165. The van der Waals surface area contributed by atoms with Gasteiger partial charge in [0.15, 0.2) is 6.04 Å². The Kier molecular flexibility index (Phi) is 16.2. The Hall–Kier alpha value is -3.64. The predicted octanol–water partition coefficient (Wildman–Crippen LogP) is 6.64. The number of rotatable bonds is 6. The highest BCUT2D eigenvalue weighted by Crippen LogP contribution is 2.44. The lowest BCUT2D eigenvalue weighted by Crippen LogP contribution is -2.58. The number of alkyl halides is 3. The van der Waals surface area contributed by atoms with Crippen LogP contribution >= 0.6 is 11.3 Å². The fourth-order valence-electron chi connectivity index (χ4n) is 10.5. The van der Waals surface area contributed by atoms with E-state index >= 15 is 0 Å². The molecular formula is C44H61F3N4O7S. The second-order valence-corrected chi connectivity index (χ2v) is 18.7. The van der Waals surface area contributed by atoms with Gasteiger partial charge in [0.05, 0.1) is 16.9 Å². The van der Waals surface area contributed by atoms with Gasteiger partial charge in [-0.25, -0.2) is 4.79 Å². The van der Waals surface area contributed by atoms with Gasteiger partial charge in [0, 0.05) is 0 Å². The van der Waals surface area contributed by atoms with Gasteiger partial charge in [0.1, 0.15) is 24.7 Å². The third-order valence-electron chi connectivity index (χ3n) is 13.8. The lowest BCUT2D eigenvalue weighted by Gasteiger charge is -2.37. The Morgan fingerprint density at radius 2 is 1.41 bits per heavy atom. The Morgan fingerprint density at radius 3 is 2.08 bits per heavy atom. The number of hydrogen-bond donors (Lipinski definition) is 5. The number of nitrogens with one attached hydrogen (secondary N) is 4. The molecule has 326 valence electrons. The van der Waals surface area contributed by atoms with E-state index in [9.17, 15) is 42.3 Å². The van der Waals surface area contributed by atoms with Crippen molar-refractivity contribution in [2.45, 2.75) is 165 Å². The van der Waals surface area contributed by atoms with Crippen molar-refractivity contribution in [3.05, 3.63) is 22.4 Å². The molecule has 3 heterocycles. The van der Waals surface area contributed by atoms with E-state index in [2.05, 4.69) is 33.1 Å².